The van der Waals surface area contributed by atoms with Gasteiger partial charge in [-0.3, -0.25) is 0 Å². The van der Waals surface area contributed by atoms with Crippen molar-refractivity contribution >= 4 is 11.6 Å². The van der Waals surface area contributed by atoms with Crippen molar-refractivity contribution < 1.29 is 0 Å². The molecule has 0 atom stereocenters. The smallest absolute Gasteiger partial charge is 0.134 e. The highest BCUT2D eigenvalue weighted by atomic mass is 15.1. The summed E-state index contributed by atoms with van der Waals surface area (Å²) in [4.78, 5) is 8.85. The molecule has 0 unspecified atom stereocenters. The molecule has 2 rings (SSSR count). The molecule has 1 saturated carbocycles. The first kappa shape index (κ1) is 15.1. The molecule has 1 aliphatic rings. The highest BCUT2D eigenvalue weighted by molar-refractivity contribution is 5.57. The molecule has 112 valence electrons. The highest BCUT2D eigenvalue weighted by Crippen LogP contribution is 2.37. The minimum atomic E-state index is 0.437. The molecule has 0 aliphatic heterocycles. The first-order chi connectivity index (χ1) is 9.68. The largest absolute Gasteiger partial charge is 0.370 e. The Morgan fingerprint density at radius 3 is 2.35 bits per heavy atom. The van der Waals surface area contributed by atoms with E-state index in [0.29, 0.717) is 5.41 Å². The molecule has 0 radical (unpaired) electrons. The van der Waals surface area contributed by atoms with Crippen LogP contribution in [-0.2, 0) is 6.42 Å². The molecule has 0 saturated heterocycles. The minimum absolute atomic E-state index is 0.437. The van der Waals surface area contributed by atoms with E-state index in [1.54, 1.807) is 6.33 Å². The maximum Gasteiger partial charge on any atom is 0.134 e. The maximum absolute atomic E-state index is 4.47. The van der Waals surface area contributed by atoms with Crippen molar-refractivity contribution in [1.29, 1.82) is 0 Å². The Bertz CT molecular complexity index is 424. The standard InChI is InChI=1S/C16H28N4/c1-4-8-13-14(17-5-2)19-12-20-15(13)18-11-16(3)9-6-7-10-16/h12H,4-11H2,1-3H3,(H2,17,18,19,20). The van der Waals surface area contributed by atoms with Crippen molar-refractivity contribution in [1.82, 2.24) is 9.97 Å². The molecule has 2 N–H and O–H groups in total. The van der Waals surface area contributed by atoms with Crippen LogP contribution in [0.15, 0.2) is 6.33 Å². The first-order valence-electron chi connectivity index (χ1n) is 8.00. The van der Waals surface area contributed by atoms with Crippen LogP contribution in [0.4, 0.5) is 11.6 Å². The lowest BCUT2D eigenvalue weighted by atomic mass is 9.89. The topological polar surface area (TPSA) is 49.8 Å². The van der Waals surface area contributed by atoms with E-state index in [2.05, 4.69) is 41.4 Å². The third kappa shape index (κ3) is 3.62. The van der Waals surface area contributed by atoms with Crippen LogP contribution in [0.25, 0.3) is 0 Å². The van der Waals surface area contributed by atoms with Gasteiger partial charge in [0, 0.05) is 18.7 Å². The average Bonchev–Trinajstić information content (AvgIpc) is 2.87. The van der Waals surface area contributed by atoms with E-state index >= 15 is 0 Å². The molecule has 1 aliphatic carbocycles. The number of nitrogens with zero attached hydrogens (tertiary/aromatic N) is 2. The summed E-state index contributed by atoms with van der Waals surface area (Å²) in [5.74, 6) is 2.01. The van der Waals surface area contributed by atoms with Crippen molar-refractivity contribution in [2.24, 2.45) is 5.41 Å². The predicted molar refractivity (Wildman–Crippen MR) is 85.3 cm³/mol. The third-order valence-corrected chi connectivity index (χ3v) is 4.28. The average molecular weight is 276 g/mol. The Balaban J connectivity index is 2.11. The monoisotopic (exact) mass is 276 g/mol. The molecule has 1 fully saturated rings. The Labute approximate surface area is 122 Å². The summed E-state index contributed by atoms with van der Waals surface area (Å²) in [6.45, 7) is 8.60. The summed E-state index contributed by atoms with van der Waals surface area (Å²) in [5.41, 5.74) is 1.67. The summed E-state index contributed by atoms with van der Waals surface area (Å²) in [6, 6.07) is 0. The van der Waals surface area contributed by atoms with E-state index in [-0.39, 0.29) is 0 Å². The molecular formula is C16H28N4. The molecule has 0 bridgehead atoms. The molecule has 1 heterocycles. The molecule has 4 nitrogen and oxygen atoms in total. The summed E-state index contributed by atoms with van der Waals surface area (Å²) in [7, 11) is 0. The molecule has 4 heteroatoms. The number of anilines is 2. The van der Waals surface area contributed by atoms with Gasteiger partial charge in [-0.15, -0.1) is 0 Å². The lowest BCUT2D eigenvalue weighted by Crippen LogP contribution is -2.24. The number of aromatic nitrogens is 2. The van der Waals surface area contributed by atoms with Gasteiger partial charge >= 0.3 is 0 Å². The van der Waals surface area contributed by atoms with Crippen molar-refractivity contribution in [3.8, 4) is 0 Å². The SMILES string of the molecule is CCCc1c(NCC)ncnc1NCC1(C)CCCC1. The van der Waals surface area contributed by atoms with Crippen LogP contribution in [0, 0.1) is 5.41 Å². The Morgan fingerprint density at radius 2 is 1.75 bits per heavy atom. The number of hydrogen-bond donors (Lipinski definition) is 2. The zero-order valence-corrected chi connectivity index (χ0v) is 13.1. The summed E-state index contributed by atoms with van der Waals surface area (Å²) in [5, 5.41) is 6.94. The van der Waals surface area contributed by atoms with Gasteiger partial charge in [-0.25, -0.2) is 9.97 Å². The zero-order chi connectivity index (χ0) is 14.4. The van der Waals surface area contributed by atoms with Crippen LogP contribution in [-0.4, -0.2) is 23.1 Å². The second-order valence-electron chi connectivity index (χ2n) is 6.20. The van der Waals surface area contributed by atoms with Crippen molar-refractivity contribution in [3.63, 3.8) is 0 Å². The lowest BCUT2D eigenvalue weighted by molar-refractivity contribution is 0.361. The highest BCUT2D eigenvalue weighted by Gasteiger charge is 2.28. The van der Waals surface area contributed by atoms with Crippen LogP contribution in [0.2, 0.25) is 0 Å². The fraction of sp³-hybridized carbons (Fsp3) is 0.750. The van der Waals surface area contributed by atoms with Crippen molar-refractivity contribution in [3.05, 3.63) is 11.9 Å². The maximum atomic E-state index is 4.47. The first-order valence-corrected chi connectivity index (χ1v) is 8.00. The van der Waals surface area contributed by atoms with Gasteiger partial charge in [0.2, 0.25) is 0 Å². The molecule has 20 heavy (non-hydrogen) atoms. The zero-order valence-electron chi connectivity index (χ0n) is 13.1. The van der Waals surface area contributed by atoms with Gasteiger partial charge in [0.05, 0.1) is 0 Å². The van der Waals surface area contributed by atoms with E-state index in [4.69, 9.17) is 0 Å². The van der Waals surface area contributed by atoms with Crippen molar-refractivity contribution in [2.75, 3.05) is 23.7 Å². The van der Waals surface area contributed by atoms with Crippen LogP contribution in [0.1, 0.15) is 58.4 Å². The van der Waals surface area contributed by atoms with Crippen LogP contribution in [0.3, 0.4) is 0 Å². The van der Waals surface area contributed by atoms with E-state index in [9.17, 15) is 0 Å². The number of hydrogen-bond acceptors (Lipinski definition) is 4. The fourth-order valence-electron chi connectivity index (χ4n) is 3.07. The molecule has 0 amide bonds. The molecule has 1 aromatic heterocycles. The van der Waals surface area contributed by atoms with Gasteiger partial charge in [0.15, 0.2) is 0 Å². The summed E-state index contributed by atoms with van der Waals surface area (Å²) in [6.07, 6.45) is 9.18. The second-order valence-corrected chi connectivity index (χ2v) is 6.20. The lowest BCUT2D eigenvalue weighted by Gasteiger charge is -2.25. The normalized spacial score (nSPS) is 17.1. The molecule has 1 aromatic rings. The van der Waals surface area contributed by atoms with Gasteiger partial charge in [0.1, 0.15) is 18.0 Å². The van der Waals surface area contributed by atoms with E-state index in [0.717, 1.165) is 37.6 Å². The Morgan fingerprint density at radius 1 is 1.10 bits per heavy atom. The van der Waals surface area contributed by atoms with E-state index in [1.165, 1.54) is 31.2 Å². The van der Waals surface area contributed by atoms with Crippen LogP contribution in [0.5, 0.6) is 0 Å². The van der Waals surface area contributed by atoms with E-state index in [1.807, 2.05) is 0 Å². The fourth-order valence-corrected chi connectivity index (χ4v) is 3.07. The summed E-state index contributed by atoms with van der Waals surface area (Å²) < 4.78 is 0. The summed E-state index contributed by atoms with van der Waals surface area (Å²) >= 11 is 0. The molecule has 0 spiro atoms. The van der Waals surface area contributed by atoms with Crippen molar-refractivity contribution in [2.45, 2.75) is 59.3 Å². The molecule has 0 aromatic carbocycles. The number of rotatable bonds is 7. The van der Waals surface area contributed by atoms with Gasteiger partial charge in [0.25, 0.3) is 0 Å². The van der Waals surface area contributed by atoms with Gasteiger partial charge in [-0.1, -0.05) is 33.1 Å². The minimum Gasteiger partial charge on any atom is -0.370 e. The Kier molecular flexibility index (Phi) is 5.21. The predicted octanol–water partition coefficient (Wildman–Crippen LogP) is 3.85. The van der Waals surface area contributed by atoms with Gasteiger partial charge in [-0.05, 0) is 31.6 Å². The third-order valence-electron chi connectivity index (χ3n) is 4.28. The molecular weight excluding hydrogens is 248 g/mol. The quantitative estimate of drug-likeness (QED) is 0.794. The van der Waals surface area contributed by atoms with Crippen LogP contribution < -0.4 is 10.6 Å². The number of nitrogens with one attached hydrogen (secondary N) is 2. The Hall–Kier alpha value is -1.32. The van der Waals surface area contributed by atoms with Crippen LogP contribution >= 0.6 is 0 Å². The van der Waals surface area contributed by atoms with E-state index < -0.39 is 0 Å². The van der Waals surface area contributed by atoms with Gasteiger partial charge < -0.3 is 10.6 Å². The van der Waals surface area contributed by atoms with Gasteiger partial charge in [-0.2, -0.15) is 0 Å². The second kappa shape index (κ2) is 6.91.